The van der Waals surface area contributed by atoms with Gasteiger partial charge in [-0.05, 0) is 38.0 Å². The van der Waals surface area contributed by atoms with Crippen molar-refractivity contribution >= 4 is 16.9 Å². The smallest absolute Gasteiger partial charge is 0.258 e. The van der Waals surface area contributed by atoms with E-state index in [1.165, 1.54) is 25.7 Å². The summed E-state index contributed by atoms with van der Waals surface area (Å²) in [6, 6.07) is 6.36. The van der Waals surface area contributed by atoms with E-state index in [4.69, 9.17) is 9.15 Å². The van der Waals surface area contributed by atoms with E-state index in [9.17, 15) is 4.79 Å². The van der Waals surface area contributed by atoms with Crippen LogP contribution in [-0.2, 0) is 0 Å². The van der Waals surface area contributed by atoms with Gasteiger partial charge in [0.2, 0.25) is 0 Å². The number of piperazine rings is 1. The third-order valence-corrected chi connectivity index (χ3v) is 5.73. The van der Waals surface area contributed by atoms with Crippen LogP contribution in [0.2, 0.25) is 0 Å². The zero-order valence-corrected chi connectivity index (χ0v) is 15.1. The molecule has 1 aromatic heterocycles. The Morgan fingerprint density at radius 3 is 2.56 bits per heavy atom. The molecular formula is C20H26N2O3. The molecule has 4 rings (SSSR count). The molecule has 1 amide bonds. The highest BCUT2D eigenvalue weighted by molar-refractivity contribution is 6.07. The number of furan rings is 1. The predicted octanol–water partition coefficient (Wildman–Crippen LogP) is 3.45. The lowest BCUT2D eigenvalue weighted by Crippen LogP contribution is -2.51. The number of hydrogen-bond donors (Lipinski definition) is 0. The van der Waals surface area contributed by atoms with Gasteiger partial charge in [-0.15, -0.1) is 0 Å². The van der Waals surface area contributed by atoms with Crippen molar-refractivity contribution in [3.8, 4) is 5.75 Å². The average Bonchev–Trinajstić information content (AvgIpc) is 3.28. The molecule has 5 heteroatoms. The van der Waals surface area contributed by atoms with Gasteiger partial charge in [0.15, 0.2) is 0 Å². The van der Waals surface area contributed by atoms with Crippen LogP contribution >= 0.6 is 0 Å². The predicted molar refractivity (Wildman–Crippen MR) is 97.2 cm³/mol. The standard InChI is InChI=1S/C20H26N2O3/c1-14-19(17-13-16(24-2)7-8-18(17)25-14)20(23)22-11-9-21(10-12-22)15-5-3-4-6-15/h7-8,13,15H,3-6,9-12H2,1-2H3. The fraction of sp³-hybridized carbons (Fsp3) is 0.550. The molecule has 0 unspecified atom stereocenters. The van der Waals surface area contributed by atoms with Crippen LogP contribution in [0.5, 0.6) is 5.75 Å². The maximum absolute atomic E-state index is 13.1. The Labute approximate surface area is 148 Å². The second kappa shape index (κ2) is 6.71. The monoisotopic (exact) mass is 342 g/mol. The van der Waals surface area contributed by atoms with Gasteiger partial charge >= 0.3 is 0 Å². The SMILES string of the molecule is COc1ccc2oc(C)c(C(=O)N3CCN(C4CCCC4)CC3)c2c1. The zero-order valence-electron chi connectivity index (χ0n) is 15.1. The van der Waals surface area contributed by atoms with Crippen LogP contribution in [0.25, 0.3) is 11.0 Å². The lowest BCUT2D eigenvalue weighted by molar-refractivity contribution is 0.0573. The number of fused-ring (bicyclic) bond motifs is 1. The second-order valence-corrected chi connectivity index (χ2v) is 7.16. The first-order valence-corrected chi connectivity index (χ1v) is 9.28. The van der Waals surface area contributed by atoms with Crippen molar-refractivity contribution in [1.29, 1.82) is 0 Å². The maximum Gasteiger partial charge on any atom is 0.258 e. The molecule has 1 saturated carbocycles. The van der Waals surface area contributed by atoms with Crippen molar-refractivity contribution in [3.05, 3.63) is 29.5 Å². The lowest BCUT2D eigenvalue weighted by Gasteiger charge is -2.38. The highest BCUT2D eigenvalue weighted by atomic mass is 16.5. The minimum absolute atomic E-state index is 0.0792. The number of amides is 1. The number of aryl methyl sites for hydroxylation is 1. The molecule has 2 fully saturated rings. The van der Waals surface area contributed by atoms with Crippen molar-refractivity contribution in [2.24, 2.45) is 0 Å². The summed E-state index contributed by atoms with van der Waals surface area (Å²) in [5.41, 5.74) is 1.43. The normalized spacial score (nSPS) is 19.7. The van der Waals surface area contributed by atoms with E-state index >= 15 is 0 Å². The second-order valence-electron chi connectivity index (χ2n) is 7.16. The molecule has 0 radical (unpaired) electrons. The van der Waals surface area contributed by atoms with E-state index in [1.54, 1.807) is 7.11 Å². The van der Waals surface area contributed by atoms with Gasteiger partial charge in [-0.25, -0.2) is 0 Å². The fourth-order valence-electron chi connectivity index (χ4n) is 4.31. The molecule has 1 aliphatic carbocycles. The van der Waals surface area contributed by atoms with E-state index in [0.29, 0.717) is 11.3 Å². The third kappa shape index (κ3) is 3.01. The summed E-state index contributed by atoms with van der Waals surface area (Å²) in [7, 11) is 1.64. The Balaban J connectivity index is 1.53. The van der Waals surface area contributed by atoms with Crippen molar-refractivity contribution in [3.63, 3.8) is 0 Å². The van der Waals surface area contributed by atoms with Gasteiger partial charge in [0.1, 0.15) is 17.1 Å². The average molecular weight is 342 g/mol. The molecule has 1 aliphatic heterocycles. The molecule has 5 nitrogen and oxygen atoms in total. The van der Waals surface area contributed by atoms with Gasteiger partial charge in [-0.1, -0.05) is 12.8 Å². The van der Waals surface area contributed by atoms with E-state index in [0.717, 1.165) is 48.9 Å². The molecule has 2 aliphatic rings. The lowest BCUT2D eigenvalue weighted by atomic mass is 10.1. The Morgan fingerprint density at radius 1 is 1.16 bits per heavy atom. The molecular weight excluding hydrogens is 316 g/mol. The summed E-state index contributed by atoms with van der Waals surface area (Å²) in [5, 5.41) is 0.847. The van der Waals surface area contributed by atoms with Gasteiger partial charge in [-0.3, -0.25) is 9.69 Å². The summed E-state index contributed by atoms with van der Waals surface area (Å²) in [5.74, 6) is 1.51. The Kier molecular flexibility index (Phi) is 4.42. The van der Waals surface area contributed by atoms with Gasteiger partial charge in [0, 0.05) is 37.6 Å². The van der Waals surface area contributed by atoms with Crippen LogP contribution in [0.3, 0.4) is 0 Å². The number of ether oxygens (including phenoxy) is 1. The number of methoxy groups -OCH3 is 1. The van der Waals surface area contributed by atoms with E-state index in [-0.39, 0.29) is 5.91 Å². The molecule has 134 valence electrons. The summed E-state index contributed by atoms with van der Waals surface area (Å²) >= 11 is 0. The minimum atomic E-state index is 0.0792. The summed E-state index contributed by atoms with van der Waals surface area (Å²) in [6.45, 7) is 5.43. The quantitative estimate of drug-likeness (QED) is 0.857. The number of benzene rings is 1. The molecule has 0 bridgehead atoms. The minimum Gasteiger partial charge on any atom is -0.497 e. The van der Waals surface area contributed by atoms with E-state index in [1.807, 2.05) is 30.0 Å². The number of rotatable bonds is 3. The molecule has 0 N–H and O–H groups in total. The van der Waals surface area contributed by atoms with E-state index in [2.05, 4.69) is 4.90 Å². The number of carbonyl (C=O) groups is 1. The maximum atomic E-state index is 13.1. The van der Waals surface area contributed by atoms with Crippen molar-refractivity contribution in [1.82, 2.24) is 9.80 Å². The van der Waals surface area contributed by atoms with Crippen molar-refractivity contribution in [2.75, 3.05) is 33.3 Å². The van der Waals surface area contributed by atoms with Crippen LogP contribution in [0.4, 0.5) is 0 Å². The molecule has 1 aromatic carbocycles. The molecule has 2 aromatic rings. The number of hydrogen-bond acceptors (Lipinski definition) is 4. The third-order valence-electron chi connectivity index (χ3n) is 5.73. The first-order valence-electron chi connectivity index (χ1n) is 9.28. The van der Waals surface area contributed by atoms with Crippen LogP contribution in [0, 0.1) is 6.92 Å². The van der Waals surface area contributed by atoms with E-state index < -0.39 is 0 Å². The molecule has 0 atom stereocenters. The van der Waals surface area contributed by atoms with Crippen LogP contribution in [-0.4, -0.2) is 55.0 Å². The van der Waals surface area contributed by atoms with Crippen molar-refractivity contribution < 1.29 is 13.9 Å². The molecule has 25 heavy (non-hydrogen) atoms. The highest BCUT2D eigenvalue weighted by Gasteiger charge is 2.30. The van der Waals surface area contributed by atoms with Gasteiger partial charge in [0.05, 0.1) is 12.7 Å². The largest absolute Gasteiger partial charge is 0.497 e. The Morgan fingerprint density at radius 2 is 1.88 bits per heavy atom. The summed E-state index contributed by atoms with van der Waals surface area (Å²) in [4.78, 5) is 17.7. The first-order chi connectivity index (χ1) is 12.2. The molecule has 2 heterocycles. The van der Waals surface area contributed by atoms with Crippen LogP contribution in [0.15, 0.2) is 22.6 Å². The van der Waals surface area contributed by atoms with Gasteiger partial charge < -0.3 is 14.1 Å². The van der Waals surface area contributed by atoms with Gasteiger partial charge in [0.25, 0.3) is 5.91 Å². The highest BCUT2D eigenvalue weighted by Crippen LogP contribution is 2.31. The van der Waals surface area contributed by atoms with Crippen LogP contribution < -0.4 is 4.74 Å². The Bertz CT molecular complexity index is 769. The Hall–Kier alpha value is -2.01. The molecule has 0 spiro atoms. The summed E-state index contributed by atoms with van der Waals surface area (Å²) < 4.78 is 11.1. The molecule has 1 saturated heterocycles. The topological polar surface area (TPSA) is 45.9 Å². The van der Waals surface area contributed by atoms with Crippen molar-refractivity contribution in [2.45, 2.75) is 38.6 Å². The first kappa shape index (κ1) is 16.5. The number of carbonyl (C=O) groups excluding carboxylic acids is 1. The van der Waals surface area contributed by atoms with Gasteiger partial charge in [-0.2, -0.15) is 0 Å². The zero-order chi connectivity index (χ0) is 17.4. The fourth-order valence-corrected chi connectivity index (χ4v) is 4.31. The summed E-state index contributed by atoms with van der Waals surface area (Å²) in [6.07, 6.45) is 5.34. The number of nitrogens with zero attached hydrogens (tertiary/aromatic N) is 2. The van der Waals surface area contributed by atoms with Crippen LogP contribution in [0.1, 0.15) is 41.8 Å².